The van der Waals surface area contributed by atoms with Gasteiger partial charge in [-0.15, -0.1) is 0 Å². The minimum atomic E-state index is -0.307. The van der Waals surface area contributed by atoms with Crippen molar-refractivity contribution < 1.29 is 9.84 Å². The van der Waals surface area contributed by atoms with Gasteiger partial charge in [-0.2, -0.15) is 0 Å². The number of hydrogen-bond acceptors (Lipinski definition) is 3. The van der Waals surface area contributed by atoms with E-state index in [-0.39, 0.29) is 6.10 Å². The van der Waals surface area contributed by atoms with Crippen LogP contribution in [-0.2, 0) is 4.74 Å². The molecule has 0 saturated heterocycles. The molecule has 0 aromatic heterocycles. The number of nitrogens with zero attached hydrogens (tertiary/aromatic N) is 1. The molecule has 18 heavy (non-hydrogen) atoms. The normalized spacial score (nSPS) is 19.4. The Labute approximate surface area is 109 Å². The summed E-state index contributed by atoms with van der Waals surface area (Å²) in [6.07, 6.45) is 2.64. The number of rotatable bonds is 5. The summed E-state index contributed by atoms with van der Waals surface area (Å²) < 4.78 is 5.39. The van der Waals surface area contributed by atoms with Gasteiger partial charge in [0.15, 0.2) is 0 Å². The maximum absolute atomic E-state index is 10.1. The molecular weight excluding hydrogens is 226 g/mol. The molecule has 0 bridgehead atoms. The van der Waals surface area contributed by atoms with Crippen molar-refractivity contribution in [3.8, 4) is 0 Å². The molecule has 1 aliphatic heterocycles. The van der Waals surface area contributed by atoms with Gasteiger partial charge in [-0.3, -0.25) is 0 Å². The lowest BCUT2D eigenvalue weighted by atomic mass is 10.0. The van der Waals surface area contributed by atoms with E-state index >= 15 is 0 Å². The Kier molecular flexibility index (Phi) is 5.02. The highest BCUT2D eigenvalue weighted by atomic mass is 16.5. The van der Waals surface area contributed by atoms with Crippen molar-refractivity contribution in [3.63, 3.8) is 0 Å². The molecule has 3 heteroatoms. The molecule has 1 unspecified atom stereocenters. The highest BCUT2D eigenvalue weighted by Crippen LogP contribution is 2.32. The van der Waals surface area contributed by atoms with Crippen molar-refractivity contribution in [2.24, 2.45) is 0 Å². The number of benzene rings is 1. The lowest BCUT2D eigenvalue weighted by Crippen LogP contribution is -2.26. The summed E-state index contributed by atoms with van der Waals surface area (Å²) >= 11 is 0. The second kappa shape index (κ2) is 6.76. The third-order valence-electron chi connectivity index (χ3n) is 3.46. The smallest absolute Gasteiger partial charge is 0.0810 e. The van der Waals surface area contributed by atoms with E-state index in [0.29, 0.717) is 0 Å². The van der Waals surface area contributed by atoms with Gasteiger partial charge in [0, 0.05) is 37.6 Å². The standard InChI is InChI=1S/C15H23NO2/c1-2-18-12-6-11-16-10-5-9-15(17)13-7-3-4-8-14(13)16/h3-4,7-8,15,17H,2,5-6,9-12H2,1H3. The van der Waals surface area contributed by atoms with Crippen LogP contribution in [0.1, 0.15) is 37.9 Å². The number of anilines is 1. The third kappa shape index (κ3) is 3.24. The largest absolute Gasteiger partial charge is 0.388 e. The van der Waals surface area contributed by atoms with Crippen LogP contribution in [0.25, 0.3) is 0 Å². The monoisotopic (exact) mass is 249 g/mol. The molecule has 1 N–H and O–H groups in total. The van der Waals surface area contributed by atoms with E-state index < -0.39 is 0 Å². The number of para-hydroxylation sites is 1. The topological polar surface area (TPSA) is 32.7 Å². The summed E-state index contributed by atoms with van der Waals surface area (Å²) in [6, 6.07) is 8.21. The van der Waals surface area contributed by atoms with Gasteiger partial charge in [-0.05, 0) is 32.3 Å². The maximum Gasteiger partial charge on any atom is 0.0810 e. The molecule has 0 amide bonds. The van der Waals surface area contributed by atoms with Crippen LogP contribution in [0.4, 0.5) is 5.69 Å². The van der Waals surface area contributed by atoms with Crippen molar-refractivity contribution in [1.82, 2.24) is 0 Å². The zero-order valence-electron chi connectivity index (χ0n) is 11.1. The van der Waals surface area contributed by atoms with Crippen LogP contribution >= 0.6 is 0 Å². The van der Waals surface area contributed by atoms with Gasteiger partial charge < -0.3 is 14.7 Å². The average Bonchev–Trinajstić information content (AvgIpc) is 2.56. The lowest BCUT2D eigenvalue weighted by molar-refractivity contribution is 0.146. The van der Waals surface area contributed by atoms with Gasteiger partial charge in [0.1, 0.15) is 0 Å². The van der Waals surface area contributed by atoms with E-state index in [1.165, 1.54) is 5.69 Å². The van der Waals surface area contributed by atoms with E-state index in [2.05, 4.69) is 11.0 Å². The Bertz CT molecular complexity index is 367. The molecule has 0 spiro atoms. The molecule has 1 atom stereocenters. The van der Waals surface area contributed by atoms with Crippen LogP contribution in [0.5, 0.6) is 0 Å². The first kappa shape index (κ1) is 13.4. The summed E-state index contributed by atoms with van der Waals surface area (Å²) in [6.45, 7) is 5.66. The van der Waals surface area contributed by atoms with Gasteiger partial charge in [-0.25, -0.2) is 0 Å². The van der Waals surface area contributed by atoms with Crippen LogP contribution in [0.2, 0.25) is 0 Å². The van der Waals surface area contributed by atoms with Crippen LogP contribution in [-0.4, -0.2) is 31.4 Å². The predicted molar refractivity (Wildman–Crippen MR) is 74.0 cm³/mol. The first-order valence-corrected chi connectivity index (χ1v) is 6.92. The lowest BCUT2D eigenvalue weighted by Gasteiger charge is -2.25. The quantitative estimate of drug-likeness (QED) is 0.814. The minimum absolute atomic E-state index is 0.307. The fourth-order valence-corrected chi connectivity index (χ4v) is 2.54. The predicted octanol–water partition coefficient (Wildman–Crippen LogP) is 2.75. The molecule has 1 heterocycles. The molecule has 1 aromatic carbocycles. The number of fused-ring (bicyclic) bond motifs is 1. The zero-order chi connectivity index (χ0) is 12.8. The molecule has 1 aromatic rings. The summed E-state index contributed by atoms with van der Waals surface area (Å²) in [4.78, 5) is 2.38. The number of ether oxygens (including phenoxy) is 1. The summed E-state index contributed by atoms with van der Waals surface area (Å²) in [7, 11) is 0. The number of aliphatic hydroxyl groups is 1. The fourth-order valence-electron chi connectivity index (χ4n) is 2.54. The highest BCUT2D eigenvalue weighted by molar-refractivity contribution is 5.55. The van der Waals surface area contributed by atoms with Crippen molar-refractivity contribution in [2.75, 3.05) is 31.2 Å². The Morgan fingerprint density at radius 2 is 2.22 bits per heavy atom. The maximum atomic E-state index is 10.1. The van der Waals surface area contributed by atoms with E-state index in [1.54, 1.807) is 0 Å². The van der Waals surface area contributed by atoms with Gasteiger partial charge in [-0.1, -0.05) is 18.2 Å². The molecule has 0 aliphatic carbocycles. The van der Waals surface area contributed by atoms with E-state index in [9.17, 15) is 5.11 Å². The molecule has 0 radical (unpaired) electrons. The molecule has 100 valence electrons. The Balaban J connectivity index is 2.04. The molecule has 0 saturated carbocycles. The molecule has 1 aliphatic rings. The van der Waals surface area contributed by atoms with Crippen molar-refractivity contribution in [2.45, 2.75) is 32.3 Å². The van der Waals surface area contributed by atoms with E-state index in [4.69, 9.17) is 4.74 Å². The minimum Gasteiger partial charge on any atom is -0.388 e. The van der Waals surface area contributed by atoms with Crippen molar-refractivity contribution in [3.05, 3.63) is 29.8 Å². The van der Waals surface area contributed by atoms with Crippen LogP contribution in [0, 0.1) is 0 Å². The van der Waals surface area contributed by atoms with Crippen molar-refractivity contribution in [1.29, 1.82) is 0 Å². The Morgan fingerprint density at radius 1 is 1.39 bits per heavy atom. The summed E-state index contributed by atoms with van der Waals surface area (Å²) in [5, 5.41) is 10.1. The second-order valence-electron chi connectivity index (χ2n) is 4.75. The van der Waals surface area contributed by atoms with E-state index in [0.717, 1.165) is 51.1 Å². The average molecular weight is 249 g/mol. The van der Waals surface area contributed by atoms with Crippen molar-refractivity contribution >= 4 is 5.69 Å². The highest BCUT2D eigenvalue weighted by Gasteiger charge is 2.20. The molecule has 0 fully saturated rings. The zero-order valence-corrected chi connectivity index (χ0v) is 11.1. The number of hydrogen-bond donors (Lipinski definition) is 1. The van der Waals surface area contributed by atoms with Crippen LogP contribution in [0.15, 0.2) is 24.3 Å². The summed E-state index contributed by atoms with van der Waals surface area (Å²) in [5.41, 5.74) is 2.27. The fraction of sp³-hybridized carbons (Fsp3) is 0.600. The van der Waals surface area contributed by atoms with Gasteiger partial charge in [0.25, 0.3) is 0 Å². The molecular formula is C15H23NO2. The number of aliphatic hydroxyl groups excluding tert-OH is 1. The SMILES string of the molecule is CCOCCCN1CCCC(O)c2ccccc21. The van der Waals surface area contributed by atoms with Gasteiger partial charge in [0.05, 0.1) is 6.10 Å². The van der Waals surface area contributed by atoms with Crippen LogP contribution in [0.3, 0.4) is 0 Å². The Morgan fingerprint density at radius 3 is 3.06 bits per heavy atom. The summed E-state index contributed by atoms with van der Waals surface area (Å²) in [5.74, 6) is 0. The first-order chi connectivity index (χ1) is 8.83. The second-order valence-corrected chi connectivity index (χ2v) is 4.75. The Hall–Kier alpha value is -1.06. The first-order valence-electron chi connectivity index (χ1n) is 6.92. The van der Waals surface area contributed by atoms with E-state index in [1.807, 2.05) is 25.1 Å². The molecule has 3 nitrogen and oxygen atoms in total. The molecule has 2 rings (SSSR count). The van der Waals surface area contributed by atoms with Gasteiger partial charge >= 0.3 is 0 Å². The van der Waals surface area contributed by atoms with Gasteiger partial charge in [0.2, 0.25) is 0 Å². The van der Waals surface area contributed by atoms with Crippen LogP contribution < -0.4 is 4.90 Å². The third-order valence-corrected chi connectivity index (χ3v) is 3.46.